The molecule has 0 aliphatic heterocycles. The maximum absolute atomic E-state index is 12.7. The second-order valence-electron chi connectivity index (χ2n) is 4.17. The topological polar surface area (TPSA) is 103 Å². The molecule has 1 amide bonds. The summed E-state index contributed by atoms with van der Waals surface area (Å²) in [6, 6.07) is 4.78. The number of hydrogen-bond acceptors (Lipinski definition) is 5. The lowest BCUT2D eigenvalue weighted by Crippen LogP contribution is -2.62. The Labute approximate surface area is 117 Å². The summed E-state index contributed by atoms with van der Waals surface area (Å²) in [5.41, 5.74) is 1.24. The highest BCUT2D eigenvalue weighted by molar-refractivity contribution is 5.83. The number of alkyl halides is 3. The molecule has 0 saturated carbocycles. The predicted molar refractivity (Wildman–Crippen MR) is 66.1 cm³/mol. The molecule has 0 aromatic carbocycles. The van der Waals surface area contributed by atoms with Crippen LogP contribution in [0.3, 0.4) is 0 Å². The summed E-state index contributed by atoms with van der Waals surface area (Å²) in [6.07, 6.45) is -3.61. The van der Waals surface area contributed by atoms with Crippen molar-refractivity contribution < 1.29 is 27.9 Å². The van der Waals surface area contributed by atoms with E-state index in [1.54, 1.807) is 17.4 Å². The third kappa shape index (κ3) is 4.31. The van der Waals surface area contributed by atoms with Crippen LogP contribution in [0.1, 0.15) is 6.92 Å². The third-order valence-corrected chi connectivity index (χ3v) is 2.59. The summed E-state index contributed by atoms with van der Waals surface area (Å²) in [4.78, 5) is 25.9. The van der Waals surface area contributed by atoms with Crippen LogP contribution >= 0.6 is 0 Å². The van der Waals surface area contributed by atoms with E-state index in [4.69, 9.17) is 5.11 Å². The van der Waals surface area contributed by atoms with E-state index < -0.39 is 30.1 Å². The number of anilines is 1. The van der Waals surface area contributed by atoms with E-state index in [-0.39, 0.29) is 5.82 Å². The summed E-state index contributed by atoms with van der Waals surface area (Å²) >= 11 is 0. The molecule has 4 N–H and O–H groups in total. The number of hydrazine groups is 1. The van der Waals surface area contributed by atoms with Gasteiger partial charge in [0.25, 0.3) is 5.91 Å². The Hall–Kier alpha value is -2.36. The van der Waals surface area contributed by atoms with Crippen LogP contribution in [-0.4, -0.2) is 40.2 Å². The minimum Gasteiger partial charge on any atom is -0.480 e. The van der Waals surface area contributed by atoms with Crippen LogP contribution < -0.4 is 16.2 Å². The maximum Gasteiger partial charge on any atom is 0.417 e. The number of hydrogen-bond donors (Lipinski definition) is 4. The lowest BCUT2D eigenvalue weighted by molar-refractivity contribution is -0.205. The van der Waals surface area contributed by atoms with Gasteiger partial charge in [-0.25, -0.2) is 9.78 Å². The fourth-order valence-electron chi connectivity index (χ4n) is 1.17. The minimum absolute atomic E-state index is 0.280. The Balaban J connectivity index is 2.53. The standard InChI is InChI=1S/C11H13F3N4O3/c1-10(9(20)21,11(12,13)14)16-6-8(19)18-17-7-4-2-3-5-15-7/h2-5,16H,6H2,1H3,(H,15,17)(H,18,19)(H,20,21). The Morgan fingerprint density at radius 1 is 1.33 bits per heavy atom. The molecule has 0 aliphatic carbocycles. The van der Waals surface area contributed by atoms with Gasteiger partial charge in [0.15, 0.2) is 0 Å². The van der Waals surface area contributed by atoms with Crippen LogP contribution in [0.5, 0.6) is 0 Å². The quantitative estimate of drug-likeness (QED) is 0.571. The normalized spacial score (nSPS) is 14.1. The maximum atomic E-state index is 12.7. The SMILES string of the molecule is CC(NCC(=O)NNc1ccccn1)(C(=O)O)C(F)(F)F. The molecule has 0 spiro atoms. The van der Waals surface area contributed by atoms with E-state index in [2.05, 4.69) is 15.8 Å². The Morgan fingerprint density at radius 2 is 2.00 bits per heavy atom. The number of carbonyl (C=O) groups is 2. The molecule has 10 heteroatoms. The van der Waals surface area contributed by atoms with Gasteiger partial charge in [-0.2, -0.15) is 13.2 Å². The first-order chi connectivity index (χ1) is 9.67. The first-order valence-corrected chi connectivity index (χ1v) is 5.68. The van der Waals surface area contributed by atoms with E-state index >= 15 is 0 Å². The molecule has 0 bridgehead atoms. The lowest BCUT2D eigenvalue weighted by atomic mass is 10.0. The molecule has 1 aromatic heterocycles. The molecule has 1 aromatic rings. The van der Waals surface area contributed by atoms with E-state index in [1.165, 1.54) is 12.3 Å². The van der Waals surface area contributed by atoms with Gasteiger partial charge < -0.3 is 5.11 Å². The van der Waals surface area contributed by atoms with Crippen molar-refractivity contribution >= 4 is 17.7 Å². The first-order valence-electron chi connectivity index (χ1n) is 5.68. The zero-order chi connectivity index (χ0) is 16.1. The van der Waals surface area contributed by atoms with Gasteiger partial charge in [-0.05, 0) is 19.1 Å². The molecule has 0 aliphatic rings. The van der Waals surface area contributed by atoms with Gasteiger partial charge >= 0.3 is 12.1 Å². The number of aromatic nitrogens is 1. The number of nitrogens with one attached hydrogen (secondary N) is 3. The molecule has 116 valence electrons. The van der Waals surface area contributed by atoms with Crippen LogP contribution in [0.15, 0.2) is 24.4 Å². The van der Waals surface area contributed by atoms with Crippen molar-refractivity contribution in [2.75, 3.05) is 12.0 Å². The monoisotopic (exact) mass is 306 g/mol. The zero-order valence-electron chi connectivity index (χ0n) is 10.9. The van der Waals surface area contributed by atoms with Crippen molar-refractivity contribution in [1.29, 1.82) is 0 Å². The van der Waals surface area contributed by atoms with Crippen LogP contribution in [0, 0.1) is 0 Å². The Morgan fingerprint density at radius 3 is 2.48 bits per heavy atom. The van der Waals surface area contributed by atoms with Gasteiger partial charge in [-0.15, -0.1) is 0 Å². The van der Waals surface area contributed by atoms with Crippen LogP contribution in [0.4, 0.5) is 19.0 Å². The van der Waals surface area contributed by atoms with Gasteiger partial charge in [0.05, 0.1) is 6.54 Å². The van der Waals surface area contributed by atoms with Crippen molar-refractivity contribution in [3.8, 4) is 0 Å². The molecule has 1 rings (SSSR count). The number of carbonyl (C=O) groups excluding carboxylic acids is 1. The smallest absolute Gasteiger partial charge is 0.417 e. The van der Waals surface area contributed by atoms with E-state index in [0.29, 0.717) is 6.92 Å². The predicted octanol–water partition coefficient (Wildman–Crippen LogP) is 0.520. The van der Waals surface area contributed by atoms with Gasteiger partial charge in [0.2, 0.25) is 5.54 Å². The number of nitrogens with zero attached hydrogens (tertiary/aromatic N) is 1. The largest absolute Gasteiger partial charge is 0.480 e. The summed E-state index contributed by atoms with van der Waals surface area (Å²) < 4.78 is 38.0. The number of halogens is 3. The average Bonchev–Trinajstić information content (AvgIpc) is 2.42. The van der Waals surface area contributed by atoms with Crippen molar-refractivity contribution in [3.05, 3.63) is 24.4 Å². The van der Waals surface area contributed by atoms with E-state index in [0.717, 1.165) is 0 Å². The fraction of sp³-hybridized carbons (Fsp3) is 0.364. The van der Waals surface area contributed by atoms with Gasteiger partial charge in [-0.3, -0.25) is 21.0 Å². The molecular formula is C11H13F3N4O3. The van der Waals surface area contributed by atoms with Crippen LogP contribution in [-0.2, 0) is 9.59 Å². The molecule has 0 radical (unpaired) electrons. The number of carboxylic acids is 1. The fourth-order valence-corrected chi connectivity index (χ4v) is 1.17. The van der Waals surface area contributed by atoms with Gasteiger partial charge in [-0.1, -0.05) is 6.07 Å². The van der Waals surface area contributed by atoms with Crippen molar-refractivity contribution in [3.63, 3.8) is 0 Å². The number of pyridine rings is 1. The van der Waals surface area contributed by atoms with E-state index in [9.17, 15) is 22.8 Å². The molecule has 1 heterocycles. The molecular weight excluding hydrogens is 293 g/mol. The highest BCUT2D eigenvalue weighted by Crippen LogP contribution is 2.30. The number of carboxylic acid groups (broad SMARTS) is 1. The first kappa shape index (κ1) is 16.7. The molecule has 21 heavy (non-hydrogen) atoms. The Kier molecular flexibility index (Phi) is 5.08. The summed E-state index contributed by atoms with van der Waals surface area (Å²) in [6.45, 7) is -0.406. The van der Waals surface area contributed by atoms with Gasteiger partial charge in [0.1, 0.15) is 5.82 Å². The van der Waals surface area contributed by atoms with Crippen LogP contribution in [0.25, 0.3) is 0 Å². The molecule has 1 unspecified atom stereocenters. The van der Waals surface area contributed by atoms with Crippen molar-refractivity contribution in [2.24, 2.45) is 0 Å². The summed E-state index contributed by atoms with van der Waals surface area (Å²) in [5.74, 6) is -2.72. The summed E-state index contributed by atoms with van der Waals surface area (Å²) in [7, 11) is 0. The molecule has 1 atom stereocenters. The number of aliphatic carboxylic acids is 1. The third-order valence-electron chi connectivity index (χ3n) is 2.59. The second kappa shape index (κ2) is 6.39. The highest BCUT2D eigenvalue weighted by atomic mass is 19.4. The molecule has 0 fully saturated rings. The molecule has 7 nitrogen and oxygen atoms in total. The average molecular weight is 306 g/mol. The highest BCUT2D eigenvalue weighted by Gasteiger charge is 2.57. The van der Waals surface area contributed by atoms with Crippen molar-refractivity contribution in [2.45, 2.75) is 18.6 Å². The van der Waals surface area contributed by atoms with Crippen molar-refractivity contribution in [1.82, 2.24) is 15.7 Å². The molecule has 0 saturated heterocycles. The van der Waals surface area contributed by atoms with Crippen LogP contribution in [0.2, 0.25) is 0 Å². The lowest BCUT2D eigenvalue weighted by Gasteiger charge is -2.28. The van der Waals surface area contributed by atoms with E-state index in [1.807, 2.05) is 0 Å². The number of rotatable bonds is 6. The summed E-state index contributed by atoms with van der Waals surface area (Å²) in [5, 5.41) is 10.3. The minimum atomic E-state index is -5.05. The Bertz CT molecular complexity index is 509. The zero-order valence-corrected chi connectivity index (χ0v) is 10.9. The second-order valence-corrected chi connectivity index (χ2v) is 4.17. The number of amides is 1. The van der Waals surface area contributed by atoms with Gasteiger partial charge in [0, 0.05) is 6.20 Å².